The normalized spacial score (nSPS) is 8.36. The number of nitrogen functional groups attached to an aromatic ring is 1. The molecule has 0 aliphatic carbocycles. The molecule has 0 radical (unpaired) electrons. The zero-order chi connectivity index (χ0) is 7.94. The molecule has 0 saturated heterocycles. The molecule has 0 unspecified atom stereocenters. The highest BCUT2D eigenvalue weighted by Gasteiger charge is 1.74. The van der Waals surface area contributed by atoms with Crippen molar-refractivity contribution in [2.75, 3.05) is 5.73 Å². The van der Waals surface area contributed by atoms with E-state index in [1.807, 2.05) is 22.9 Å². The van der Waals surface area contributed by atoms with Gasteiger partial charge in [-0.05, 0) is 16.8 Å². The average molecular weight is 167 g/mol. The van der Waals surface area contributed by atoms with Crippen molar-refractivity contribution in [3.8, 4) is 0 Å². The van der Waals surface area contributed by atoms with Gasteiger partial charge in [0, 0.05) is 0 Å². The second-order valence-electron chi connectivity index (χ2n) is 1.81. The highest BCUT2D eigenvalue weighted by molar-refractivity contribution is 7.07. The molecule has 2 aromatic rings. The Bertz CT molecular complexity index is 232. The van der Waals surface area contributed by atoms with E-state index in [-0.39, 0.29) is 0 Å². The Balaban J connectivity index is 0.000000112. The van der Waals surface area contributed by atoms with Crippen molar-refractivity contribution in [2.45, 2.75) is 0 Å². The first kappa shape index (κ1) is 7.81. The lowest BCUT2D eigenvalue weighted by Crippen LogP contribution is -1.81. The van der Waals surface area contributed by atoms with Crippen molar-refractivity contribution in [1.82, 2.24) is 10.2 Å². The number of H-pyrrole nitrogens is 1. The Kier molecular flexibility index (Phi) is 3.21. The van der Waals surface area contributed by atoms with E-state index in [1.165, 1.54) is 0 Å². The van der Waals surface area contributed by atoms with Crippen molar-refractivity contribution in [2.24, 2.45) is 0 Å². The molecule has 0 aromatic carbocycles. The molecule has 0 aliphatic heterocycles. The fourth-order valence-electron chi connectivity index (χ4n) is 0.493. The molecule has 58 valence electrons. The van der Waals surface area contributed by atoms with Gasteiger partial charge in [-0.25, -0.2) is 0 Å². The van der Waals surface area contributed by atoms with Crippen molar-refractivity contribution in [3.63, 3.8) is 0 Å². The zero-order valence-corrected chi connectivity index (χ0v) is 6.71. The molecule has 4 heteroatoms. The molecule has 0 bridgehead atoms. The van der Waals surface area contributed by atoms with Crippen LogP contribution in [-0.4, -0.2) is 10.2 Å². The lowest BCUT2D eigenvalue weighted by molar-refractivity contribution is 1.10. The quantitative estimate of drug-likeness (QED) is 0.628. The van der Waals surface area contributed by atoms with Crippen molar-refractivity contribution in [1.29, 1.82) is 0 Å². The van der Waals surface area contributed by atoms with E-state index < -0.39 is 0 Å². The molecular formula is C7H9N3S. The monoisotopic (exact) mass is 167 g/mol. The Morgan fingerprint density at radius 1 is 1.36 bits per heavy atom. The third-order valence-corrected chi connectivity index (χ3v) is 1.58. The molecule has 0 amide bonds. The van der Waals surface area contributed by atoms with E-state index in [0.717, 1.165) is 0 Å². The number of nitrogens with two attached hydrogens (primary N) is 1. The minimum atomic E-state index is 0.606. The molecule has 3 nitrogen and oxygen atoms in total. The van der Waals surface area contributed by atoms with Crippen molar-refractivity contribution >= 4 is 17.2 Å². The average Bonchev–Trinajstić information content (AvgIpc) is 2.57. The molecule has 0 saturated carbocycles. The van der Waals surface area contributed by atoms with Crippen LogP contribution in [0.2, 0.25) is 0 Å². The second kappa shape index (κ2) is 4.51. The van der Waals surface area contributed by atoms with Crippen LogP contribution in [0.15, 0.2) is 35.2 Å². The molecule has 0 spiro atoms. The van der Waals surface area contributed by atoms with E-state index >= 15 is 0 Å². The predicted octanol–water partition coefficient (Wildman–Crippen LogP) is 1.74. The summed E-state index contributed by atoms with van der Waals surface area (Å²) in [6.07, 6.45) is 1.61. The topological polar surface area (TPSA) is 54.7 Å². The van der Waals surface area contributed by atoms with Gasteiger partial charge in [-0.3, -0.25) is 5.10 Å². The summed E-state index contributed by atoms with van der Waals surface area (Å²) in [6, 6.07) is 5.73. The highest BCUT2D eigenvalue weighted by atomic mass is 32.1. The summed E-state index contributed by atoms with van der Waals surface area (Å²) in [5.41, 5.74) is 5.16. The van der Waals surface area contributed by atoms with Crippen LogP contribution in [0.3, 0.4) is 0 Å². The number of aromatic nitrogens is 2. The van der Waals surface area contributed by atoms with Crippen LogP contribution in [-0.2, 0) is 0 Å². The predicted molar refractivity (Wildman–Crippen MR) is 47.3 cm³/mol. The van der Waals surface area contributed by atoms with Crippen LogP contribution < -0.4 is 5.73 Å². The summed E-state index contributed by atoms with van der Waals surface area (Å²) in [7, 11) is 0. The zero-order valence-electron chi connectivity index (χ0n) is 5.90. The van der Waals surface area contributed by atoms with Gasteiger partial charge in [0.2, 0.25) is 0 Å². The van der Waals surface area contributed by atoms with Gasteiger partial charge in [-0.1, -0.05) is 12.1 Å². The van der Waals surface area contributed by atoms with Gasteiger partial charge in [0.1, 0.15) is 5.82 Å². The number of thiophene rings is 1. The lowest BCUT2D eigenvalue weighted by atomic mass is 10.7. The number of hydrogen-bond acceptors (Lipinski definition) is 3. The van der Waals surface area contributed by atoms with Crippen LogP contribution in [0.5, 0.6) is 0 Å². The summed E-state index contributed by atoms with van der Waals surface area (Å²) in [6.45, 7) is 0. The molecule has 3 N–H and O–H groups in total. The molecular weight excluding hydrogens is 158 g/mol. The smallest absolute Gasteiger partial charge is 0.118 e. The van der Waals surface area contributed by atoms with E-state index in [1.54, 1.807) is 23.6 Å². The Labute approximate surface area is 68.9 Å². The third-order valence-electron chi connectivity index (χ3n) is 0.948. The maximum atomic E-state index is 5.16. The van der Waals surface area contributed by atoms with Crippen LogP contribution >= 0.6 is 11.3 Å². The fraction of sp³-hybridized carbons (Fsp3) is 0. The third kappa shape index (κ3) is 3.42. The summed E-state index contributed by atoms with van der Waals surface area (Å²) in [4.78, 5) is 0. The van der Waals surface area contributed by atoms with Crippen LogP contribution in [0, 0.1) is 0 Å². The number of anilines is 1. The van der Waals surface area contributed by atoms with E-state index in [9.17, 15) is 0 Å². The molecule has 2 rings (SSSR count). The summed E-state index contributed by atoms with van der Waals surface area (Å²) in [5.74, 6) is 0.606. The number of nitrogens with zero attached hydrogens (tertiary/aromatic N) is 1. The number of nitrogens with one attached hydrogen (secondary N) is 1. The minimum Gasteiger partial charge on any atom is -0.384 e. The van der Waals surface area contributed by atoms with Gasteiger partial charge in [0.25, 0.3) is 0 Å². The summed E-state index contributed by atoms with van der Waals surface area (Å²) >= 11 is 1.71. The highest BCUT2D eigenvalue weighted by Crippen LogP contribution is 1.91. The fourth-order valence-corrected chi connectivity index (χ4v) is 0.947. The largest absolute Gasteiger partial charge is 0.384 e. The first-order valence-corrected chi connectivity index (χ1v) is 4.06. The molecule has 0 atom stereocenters. The van der Waals surface area contributed by atoms with E-state index in [0.29, 0.717) is 5.82 Å². The maximum absolute atomic E-state index is 5.16. The molecule has 2 aromatic heterocycles. The van der Waals surface area contributed by atoms with Gasteiger partial charge in [-0.15, -0.1) is 0 Å². The maximum Gasteiger partial charge on any atom is 0.118 e. The molecule has 0 aliphatic rings. The minimum absolute atomic E-state index is 0.606. The van der Waals surface area contributed by atoms with Gasteiger partial charge in [0.05, 0.1) is 6.20 Å². The number of aromatic amines is 1. The first-order chi connectivity index (χ1) is 5.39. The molecule has 11 heavy (non-hydrogen) atoms. The van der Waals surface area contributed by atoms with Gasteiger partial charge < -0.3 is 5.73 Å². The van der Waals surface area contributed by atoms with Gasteiger partial charge in [0.15, 0.2) is 0 Å². The Hall–Kier alpha value is -1.29. The van der Waals surface area contributed by atoms with Crippen LogP contribution in [0.1, 0.15) is 0 Å². The molecule has 0 fully saturated rings. The second-order valence-corrected chi connectivity index (χ2v) is 2.62. The van der Waals surface area contributed by atoms with Crippen molar-refractivity contribution < 1.29 is 0 Å². The molecule has 2 heterocycles. The Morgan fingerprint density at radius 2 is 2.09 bits per heavy atom. The Morgan fingerprint density at radius 3 is 2.27 bits per heavy atom. The van der Waals surface area contributed by atoms with Gasteiger partial charge in [-0.2, -0.15) is 16.4 Å². The number of rotatable bonds is 0. The first-order valence-electron chi connectivity index (χ1n) is 3.11. The number of hydrogen-bond donors (Lipinski definition) is 2. The van der Waals surface area contributed by atoms with E-state index in [2.05, 4.69) is 10.2 Å². The van der Waals surface area contributed by atoms with Gasteiger partial charge >= 0.3 is 0 Å². The standard InChI is InChI=1S/C4H4S.C3H5N3/c1-2-4-5-3-1;4-3-1-2-5-6-3/h1-4H;1-2H,(H3,4,5,6). The summed E-state index contributed by atoms with van der Waals surface area (Å²) in [5, 5.41) is 10.2. The van der Waals surface area contributed by atoms with Crippen LogP contribution in [0.25, 0.3) is 0 Å². The summed E-state index contributed by atoms with van der Waals surface area (Å²) < 4.78 is 0. The van der Waals surface area contributed by atoms with Crippen molar-refractivity contribution in [3.05, 3.63) is 35.2 Å². The lowest BCUT2D eigenvalue weighted by Gasteiger charge is -1.70. The van der Waals surface area contributed by atoms with Crippen LogP contribution in [0.4, 0.5) is 5.82 Å². The van der Waals surface area contributed by atoms with E-state index in [4.69, 9.17) is 5.73 Å². The SMILES string of the molecule is Nc1ccn[nH]1.c1ccsc1.